The largest absolute Gasteiger partial charge is 0.489 e. The van der Waals surface area contributed by atoms with Gasteiger partial charge in [-0.05, 0) is 54.8 Å². The van der Waals surface area contributed by atoms with Crippen LogP contribution in [-0.4, -0.2) is 21.7 Å². The maximum Gasteiger partial charge on any atom is 0.262 e. The van der Waals surface area contributed by atoms with Gasteiger partial charge in [-0.2, -0.15) is 5.10 Å². The molecule has 0 aliphatic carbocycles. The number of rotatable bonds is 8. The van der Waals surface area contributed by atoms with Gasteiger partial charge in [0.05, 0.1) is 17.9 Å². The molecule has 4 rings (SSSR count). The van der Waals surface area contributed by atoms with Crippen molar-refractivity contribution in [2.24, 2.45) is 5.10 Å². The maximum atomic E-state index is 12.6. The van der Waals surface area contributed by atoms with E-state index >= 15 is 0 Å². The van der Waals surface area contributed by atoms with Crippen molar-refractivity contribution in [2.45, 2.75) is 33.4 Å². The lowest BCUT2D eigenvalue weighted by molar-refractivity contribution is -0.121. The molecule has 0 saturated carbocycles. The first-order valence-corrected chi connectivity index (χ1v) is 11.4. The number of nitrogens with one attached hydrogen (secondary N) is 1. The Kier molecular flexibility index (Phi) is 6.95. The first kappa shape index (κ1) is 22.4. The Hall–Kier alpha value is -3.78. The molecule has 2 heterocycles. The van der Waals surface area contributed by atoms with Gasteiger partial charge in [-0.1, -0.05) is 36.8 Å². The van der Waals surface area contributed by atoms with Gasteiger partial charge in [0.1, 0.15) is 23.7 Å². The van der Waals surface area contributed by atoms with E-state index in [2.05, 4.69) is 34.6 Å². The number of fused-ring (bicyclic) bond motifs is 1. The van der Waals surface area contributed by atoms with E-state index in [0.29, 0.717) is 16.8 Å². The van der Waals surface area contributed by atoms with Gasteiger partial charge in [0.15, 0.2) is 0 Å². The Labute approximate surface area is 195 Å². The lowest BCUT2D eigenvalue weighted by Gasteiger charge is -2.07. The Morgan fingerprint density at radius 2 is 1.94 bits per heavy atom. The number of carbonyl (C=O) groups is 1. The zero-order valence-electron chi connectivity index (χ0n) is 18.4. The minimum absolute atomic E-state index is 0.151. The fourth-order valence-corrected chi connectivity index (χ4v) is 4.09. The van der Waals surface area contributed by atoms with E-state index in [1.54, 1.807) is 0 Å². The molecule has 0 aliphatic rings. The van der Waals surface area contributed by atoms with E-state index in [1.165, 1.54) is 34.0 Å². The molecule has 7 nitrogen and oxygen atoms in total. The van der Waals surface area contributed by atoms with Gasteiger partial charge in [0, 0.05) is 4.88 Å². The van der Waals surface area contributed by atoms with Gasteiger partial charge in [-0.15, -0.1) is 11.3 Å². The van der Waals surface area contributed by atoms with Crippen molar-refractivity contribution in [3.63, 3.8) is 0 Å². The standard InChI is InChI=1S/C25H24N4O3S/c1-3-21-12-22-24(33-21)26-16-29(25(22)31)14-23(30)28-27-13-18-8-10-20(11-9-18)32-15-19-6-4-17(2)5-7-19/h4-13,16H,3,14-15H2,1-2H3,(H,28,30)/b27-13+. The van der Waals surface area contributed by atoms with Gasteiger partial charge < -0.3 is 4.74 Å². The van der Waals surface area contributed by atoms with Gasteiger partial charge in [0.25, 0.3) is 11.5 Å². The first-order valence-electron chi connectivity index (χ1n) is 10.6. The summed E-state index contributed by atoms with van der Waals surface area (Å²) in [6, 6.07) is 17.5. The van der Waals surface area contributed by atoms with Gasteiger partial charge in [-0.3, -0.25) is 14.2 Å². The Balaban J connectivity index is 1.30. The summed E-state index contributed by atoms with van der Waals surface area (Å²) in [4.78, 5) is 30.9. The predicted molar refractivity (Wildman–Crippen MR) is 131 cm³/mol. The first-order chi connectivity index (χ1) is 16.0. The number of thiophene rings is 1. The normalized spacial score (nSPS) is 11.2. The fourth-order valence-electron chi connectivity index (χ4n) is 3.17. The number of benzene rings is 2. The van der Waals surface area contributed by atoms with Crippen LogP contribution in [0.4, 0.5) is 0 Å². The van der Waals surface area contributed by atoms with Crippen LogP contribution in [0.1, 0.15) is 28.5 Å². The van der Waals surface area contributed by atoms with Crippen molar-refractivity contribution < 1.29 is 9.53 Å². The maximum absolute atomic E-state index is 12.6. The second-order valence-corrected chi connectivity index (χ2v) is 8.71. The molecular weight excluding hydrogens is 436 g/mol. The second-order valence-electron chi connectivity index (χ2n) is 7.60. The zero-order chi connectivity index (χ0) is 23.2. The summed E-state index contributed by atoms with van der Waals surface area (Å²) in [5.74, 6) is 0.345. The topological polar surface area (TPSA) is 85.6 Å². The number of nitrogens with zero attached hydrogens (tertiary/aromatic N) is 3. The molecule has 168 valence electrons. The third-order valence-electron chi connectivity index (χ3n) is 5.04. The molecule has 0 fully saturated rings. The smallest absolute Gasteiger partial charge is 0.262 e. The number of hydrazone groups is 1. The molecule has 0 aliphatic heterocycles. The third kappa shape index (κ3) is 5.72. The zero-order valence-corrected chi connectivity index (χ0v) is 19.3. The van der Waals surface area contributed by atoms with Crippen LogP contribution in [0.3, 0.4) is 0 Å². The average Bonchev–Trinajstić information content (AvgIpc) is 3.26. The van der Waals surface area contributed by atoms with Crippen LogP contribution in [0.2, 0.25) is 0 Å². The van der Waals surface area contributed by atoms with Crippen molar-refractivity contribution in [2.75, 3.05) is 0 Å². The lowest BCUT2D eigenvalue weighted by Crippen LogP contribution is -2.29. The molecule has 2 aromatic carbocycles. The highest BCUT2D eigenvalue weighted by Crippen LogP contribution is 2.21. The van der Waals surface area contributed by atoms with E-state index in [1.807, 2.05) is 49.4 Å². The van der Waals surface area contributed by atoms with Crippen molar-refractivity contribution in [3.8, 4) is 5.75 Å². The Morgan fingerprint density at radius 1 is 1.18 bits per heavy atom. The van der Waals surface area contributed by atoms with Gasteiger partial charge in [-0.25, -0.2) is 10.4 Å². The molecule has 8 heteroatoms. The highest BCUT2D eigenvalue weighted by molar-refractivity contribution is 7.18. The summed E-state index contributed by atoms with van der Waals surface area (Å²) in [6.45, 7) is 4.42. The van der Waals surface area contributed by atoms with Crippen molar-refractivity contribution in [3.05, 3.63) is 92.8 Å². The number of hydrogen-bond donors (Lipinski definition) is 1. The molecule has 0 bridgehead atoms. The van der Waals surface area contributed by atoms with E-state index in [9.17, 15) is 9.59 Å². The molecule has 33 heavy (non-hydrogen) atoms. The molecule has 0 atom stereocenters. The van der Waals surface area contributed by atoms with Gasteiger partial charge >= 0.3 is 0 Å². The van der Waals surface area contributed by atoms with Crippen LogP contribution in [0.25, 0.3) is 10.2 Å². The SMILES string of the molecule is CCc1cc2c(=O)n(CC(=O)N/N=C/c3ccc(OCc4ccc(C)cc4)cc3)cnc2s1. The van der Waals surface area contributed by atoms with E-state index in [0.717, 1.165) is 28.2 Å². The number of hydrogen-bond acceptors (Lipinski definition) is 6. The van der Waals surface area contributed by atoms with E-state index in [4.69, 9.17) is 4.74 Å². The summed E-state index contributed by atoms with van der Waals surface area (Å²) >= 11 is 1.50. The third-order valence-corrected chi connectivity index (χ3v) is 6.23. The average molecular weight is 461 g/mol. The number of aromatic nitrogens is 2. The molecule has 0 unspecified atom stereocenters. The summed E-state index contributed by atoms with van der Waals surface area (Å²) in [6.07, 6.45) is 3.78. The highest BCUT2D eigenvalue weighted by atomic mass is 32.1. The van der Waals surface area contributed by atoms with Crippen LogP contribution in [0.5, 0.6) is 5.75 Å². The fraction of sp³-hybridized carbons (Fsp3) is 0.200. The monoisotopic (exact) mass is 460 g/mol. The number of amides is 1. The second kappa shape index (κ2) is 10.2. The van der Waals surface area contributed by atoms with Gasteiger partial charge in [0.2, 0.25) is 0 Å². The minimum atomic E-state index is -0.404. The molecule has 1 N–H and O–H groups in total. The van der Waals surface area contributed by atoms with Crippen LogP contribution in [0.15, 0.2) is 70.8 Å². The molecule has 0 saturated heterocycles. The highest BCUT2D eigenvalue weighted by Gasteiger charge is 2.10. The number of ether oxygens (including phenoxy) is 1. The number of aryl methyl sites for hydroxylation is 2. The van der Waals surface area contributed by atoms with Crippen LogP contribution >= 0.6 is 11.3 Å². The van der Waals surface area contributed by atoms with Crippen molar-refractivity contribution in [1.82, 2.24) is 15.0 Å². The van der Waals surface area contributed by atoms with Crippen LogP contribution in [-0.2, 0) is 24.4 Å². The van der Waals surface area contributed by atoms with Crippen molar-refractivity contribution >= 4 is 33.7 Å². The quantitative estimate of drug-likeness (QED) is 0.317. The van der Waals surface area contributed by atoms with E-state index < -0.39 is 5.91 Å². The molecule has 2 aromatic heterocycles. The molecule has 0 radical (unpaired) electrons. The lowest BCUT2D eigenvalue weighted by atomic mass is 10.2. The number of carbonyl (C=O) groups excluding carboxylic acids is 1. The Morgan fingerprint density at radius 3 is 2.67 bits per heavy atom. The predicted octanol–water partition coefficient (Wildman–Crippen LogP) is 4.06. The molecular formula is C25H24N4O3S. The molecule has 1 amide bonds. The minimum Gasteiger partial charge on any atom is -0.489 e. The van der Waals surface area contributed by atoms with Crippen LogP contribution < -0.4 is 15.7 Å². The van der Waals surface area contributed by atoms with Crippen LogP contribution in [0, 0.1) is 6.92 Å². The summed E-state index contributed by atoms with van der Waals surface area (Å²) < 4.78 is 7.09. The summed E-state index contributed by atoms with van der Waals surface area (Å²) in [5, 5.41) is 4.52. The summed E-state index contributed by atoms with van der Waals surface area (Å²) in [7, 11) is 0. The van der Waals surface area contributed by atoms with E-state index in [-0.39, 0.29) is 12.1 Å². The summed E-state index contributed by atoms with van der Waals surface area (Å²) in [5.41, 5.74) is 5.35. The van der Waals surface area contributed by atoms with Crippen molar-refractivity contribution in [1.29, 1.82) is 0 Å². The molecule has 0 spiro atoms. The molecule has 4 aromatic rings. The Bertz CT molecular complexity index is 1340.